The van der Waals surface area contributed by atoms with Gasteiger partial charge in [0.1, 0.15) is 5.82 Å². The number of anilines is 2. The standard InChI is InChI=1S/C27H38FN3O3S/c1-18-11-13-31(14-12-18)25-16-22(27(3,4)5)9-7-21(25)17-29-26(32)19(2)20-8-10-24(23(28)15-20)30-35(6,33)34/h7-10,15-16,18-19,30H,11-14,17H2,1-6H3,(H,29,32). The summed E-state index contributed by atoms with van der Waals surface area (Å²) in [6.07, 6.45) is 3.26. The van der Waals surface area contributed by atoms with Gasteiger partial charge in [-0.05, 0) is 66.0 Å². The van der Waals surface area contributed by atoms with E-state index in [1.165, 1.54) is 23.4 Å². The van der Waals surface area contributed by atoms with Crippen LogP contribution < -0.4 is 14.9 Å². The van der Waals surface area contributed by atoms with Crippen molar-refractivity contribution >= 4 is 27.3 Å². The molecule has 2 N–H and O–H groups in total. The smallest absolute Gasteiger partial charge is 0.229 e. The number of sulfonamides is 1. The number of piperidine rings is 1. The van der Waals surface area contributed by atoms with Crippen LogP contribution in [0.4, 0.5) is 15.8 Å². The van der Waals surface area contributed by atoms with Gasteiger partial charge in [0.05, 0.1) is 17.9 Å². The Kier molecular flexibility index (Phi) is 8.14. The monoisotopic (exact) mass is 503 g/mol. The van der Waals surface area contributed by atoms with E-state index >= 15 is 0 Å². The Hall–Kier alpha value is -2.61. The lowest BCUT2D eigenvalue weighted by Gasteiger charge is -2.35. The fraction of sp³-hybridized carbons (Fsp3) is 0.519. The first-order valence-corrected chi connectivity index (χ1v) is 14.1. The number of hydrogen-bond acceptors (Lipinski definition) is 4. The molecule has 0 aromatic heterocycles. The Morgan fingerprint density at radius 3 is 2.37 bits per heavy atom. The van der Waals surface area contributed by atoms with Crippen molar-refractivity contribution in [3.8, 4) is 0 Å². The number of nitrogens with zero attached hydrogens (tertiary/aromatic N) is 1. The zero-order valence-corrected chi connectivity index (χ0v) is 22.4. The van der Waals surface area contributed by atoms with Crippen LogP contribution in [0.2, 0.25) is 0 Å². The van der Waals surface area contributed by atoms with Crippen LogP contribution in [0.3, 0.4) is 0 Å². The lowest BCUT2D eigenvalue weighted by molar-refractivity contribution is -0.122. The maximum absolute atomic E-state index is 14.4. The van der Waals surface area contributed by atoms with Crippen molar-refractivity contribution in [2.24, 2.45) is 5.92 Å². The van der Waals surface area contributed by atoms with Gasteiger partial charge in [0.2, 0.25) is 15.9 Å². The zero-order chi connectivity index (χ0) is 26.0. The summed E-state index contributed by atoms with van der Waals surface area (Å²) in [5.41, 5.74) is 3.85. The van der Waals surface area contributed by atoms with E-state index in [1.54, 1.807) is 13.0 Å². The molecule has 0 saturated carbocycles. The van der Waals surface area contributed by atoms with Gasteiger partial charge < -0.3 is 10.2 Å². The van der Waals surface area contributed by atoms with Crippen molar-refractivity contribution < 1.29 is 17.6 Å². The molecule has 6 nitrogen and oxygen atoms in total. The number of hydrogen-bond donors (Lipinski definition) is 2. The van der Waals surface area contributed by atoms with Gasteiger partial charge in [0.15, 0.2) is 0 Å². The van der Waals surface area contributed by atoms with E-state index in [9.17, 15) is 17.6 Å². The van der Waals surface area contributed by atoms with Crippen LogP contribution in [0.25, 0.3) is 0 Å². The van der Waals surface area contributed by atoms with Crippen molar-refractivity contribution in [3.05, 3.63) is 58.9 Å². The molecule has 1 amide bonds. The second-order valence-electron chi connectivity index (χ2n) is 10.8. The van der Waals surface area contributed by atoms with Crippen molar-refractivity contribution in [1.82, 2.24) is 5.32 Å². The third-order valence-electron chi connectivity index (χ3n) is 6.71. The van der Waals surface area contributed by atoms with E-state index in [1.807, 2.05) is 0 Å². The molecule has 0 aliphatic carbocycles. The Balaban J connectivity index is 1.75. The summed E-state index contributed by atoms with van der Waals surface area (Å²) in [4.78, 5) is 15.4. The van der Waals surface area contributed by atoms with E-state index in [2.05, 4.69) is 60.8 Å². The highest BCUT2D eigenvalue weighted by atomic mass is 32.2. The summed E-state index contributed by atoms with van der Waals surface area (Å²) in [5.74, 6) is -0.802. The normalized spacial score (nSPS) is 16.1. The van der Waals surface area contributed by atoms with Crippen molar-refractivity contribution in [2.45, 2.75) is 65.3 Å². The van der Waals surface area contributed by atoms with Crippen molar-refractivity contribution in [2.75, 3.05) is 29.0 Å². The topological polar surface area (TPSA) is 78.5 Å². The minimum atomic E-state index is -3.59. The SMILES string of the molecule is CC1CCN(c2cc(C(C)(C)C)ccc2CNC(=O)C(C)c2ccc(NS(C)(=O)=O)c(F)c2)CC1. The first kappa shape index (κ1) is 27.0. The zero-order valence-electron chi connectivity index (χ0n) is 21.6. The maximum Gasteiger partial charge on any atom is 0.229 e. The second-order valence-corrected chi connectivity index (χ2v) is 12.6. The van der Waals surface area contributed by atoms with Gasteiger partial charge in [-0.3, -0.25) is 9.52 Å². The predicted octanol–water partition coefficient (Wildman–Crippen LogP) is 5.15. The van der Waals surface area contributed by atoms with E-state index in [4.69, 9.17) is 0 Å². The van der Waals surface area contributed by atoms with E-state index in [0.29, 0.717) is 12.1 Å². The molecular formula is C27H38FN3O3S. The molecule has 1 atom stereocenters. The molecule has 8 heteroatoms. The van der Waals surface area contributed by atoms with Crippen LogP contribution in [-0.2, 0) is 26.8 Å². The van der Waals surface area contributed by atoms with Crippen LogP contribution in [0.5, 0.6) is 0 Å². The average Bonchev–Trinajstić information content (AvgIpc) is 2.77. The minimum Gasteiger partial charge on any atom is -0.371 e. The summed E-state index contributed by atoms with van der Waals surface area (Å²) in [6.45, 7) is 13.0. The number of rotatable bonds is 7. The van der Waals surface area contributed by atoms with Gasteiger partial charge >= 0.3 is 0 Å². The molecule has 2 aromatic rings. The molecule has 2 aromatic carbocycles. The first-order valence-electron chi connectivity index (χ1n) is 12.2. The first-order chi connectivity index (χ1) is 16.2. The lowest BCUT2D eigenvalue weighted by Crippen LogP contribution is -2.35. The molecule has 1 fully saturated rings. The Morgan fingerprint density at radius 2 is 1.80 bits per heavy atom. The van der Waals surface area contributed by atoms with Gasteiger partial charge in [-0.15, -0.1) is 0 Å². The number of benzene rings is 2. The van der Waals surface area contributed by atoms with Gasteiger partial charge in [-0.1, -0.05) is 45.9 Å². The van der Waals surface area contributed by atoms with Crippen molar-refractivity contribution in [1.29, 1.82) is 0 Å². The van der Waals surface area contributed by atoms with Gasteiger partial charge in [-0.25, -0.2) is 12.8 Å². The molecule has 3 rings (SSSR count). The fourth-order valence-corrected chi connectivity index (χ4v) is 4.86. The van der Waals surface area contributed by atoms with E-state index in [0.717, 1.165) is 43.7 Å². The highest BCUT2D eigenvalue weighted by Gasteiger charge is 2.23. The number of carbonyl (C=O) groups is 1. The fourth-order valence-electron chi connectivity index (χ4n) is 4.29. The van der Waals surface area contributed by atoms with Crippen molar-refractivity contribution in [3.63, 3.8) is 0 Å². The second kappa shape index (κ2) is 10.6. The molecule has 192 valence electrons. The number of nitrogens with one attached hydrogen (secondary N) is 2. The minimum absolute atomic E-state index is 0.0241. The van der Waals surface area contributed by atoms with E-state index in [-0.39, 0.29) is 17.0 Å². The number of carbonyl (C=O) groups excluding carboxylic acids is 1. The summed E-state index contributed by atoms with van der Waals surface area (Å²) in [5, 5.41) is 3.02. The van der Waals surface area contributed by atoms with Gasteiger partial charge in [0, 0.05) is 25.3 Å². The summed E-state index contributed by atoms with van der Waals surface area (Å²) >= 11 is 0. The Morgan fingerprint density at radius 1 is 1.14 bits per heavy atom. The van der Waals surface area contributed by atoms with Crippen LogP contribution >= 0.6 is 0 Å². The number of amides is 1. The van der Waals surface area contributed by atoms with Crippen LogP contribution in [-0.4, -0.2) is 33.7 Å². The average molecular weight is 504 g/mol. The molecule has 1 saturated heterocycles. The molecule has 35 heavy (non-hydrogen) atoms. The summed E-state index contributed by atoms with van der Waals surface area (Å²) in [7, 11) is -3.59. The molecule has 0 spiro atoms. The Bertz CT molecular complexity index is 1170. The predicted molar refractivity (Wildman–Crippen MR) is 141 cm³/mol. The van der Waals surface area contributed by atoms with Gasteiger partial charge in [-0.2, -0.15) is 0 Å². The highest BCUT2D eigenvalue weighted by Crippen LogP contribution is 2.32. The van der Waals surface area contributed by atoms with Crippen LogP contribution in [0.15, 0.2) is 36.4 Å². The third kappa shape index (κ3) is 7.19. The van der Waals surface area contributed by atoms with E-state index < -0.39 is 21.8 Å². The third-order valence-corrected chi connectivity index (χ3v) is 7.30. The largest absolute Gasteiger partial charge is 0.371 e. The summed E-state index contributed by atoms with van der Waals surface area (Å²) in [6, 6.07) is 10.6. The van der Waals surface area contributed by atoms with Crippen LogP contribution in [0.1, 0.15) is 70.1 Å². The highest BCUT2D eigenvalue weighted by molar-refractivity contribution is 7.92. The molecule has 0 bridgehead atoms. The summed E-state index contributed by atoms with van der Waals surface area (Å²) < 4.78 is 39.3. The quantitative estimate of drug-likeness (QED) is 0.548. The number of halogens is 1. The van der Waals surface area contributed by atoms with Gasteiger partial charge in [0.25, 0.3) is 0 Å². The molecular weight excluding hydrogens is 465 g/mol. The molecule has 1 unspecified atom stereocenters. The molecule has 0 radical (unpaired) electrons. The maximum atomic E-state index is 14.4. The molecule has 1 aliphatic heterocycles. The Labute approximate surface area is 209 Å². The lowest BCUT2D eigenvalue weighted by atomic mass is 9.85. The molecule has 1 aliphatic rings. The molecule has 1 heterocycles. The van der Waals surface area contributed by atoms with Crippen LogP contribution in [0, 0.1) is 11.7 Å².